The van der Waals surface area contributed by atoms with Crippen molar-refractivity contribution in [3.63, 3.8) is 0 Å². The first-order valence-corrected chi connectivity index (χ1v) is 9.48. The molecule has 0 radical (unpaired) electrons. The highest BCUT2D eigenvalue weighted by Crippen LogP contribution is 2.27. The SMILES string of the molecule is COC(=O)[C@H](Cc1cc(=O)oc2cc(OC)ccc12)NC(=O)CC1CCCC1. The van der Waals surface area contributed by atoms with Gasteiger partial charge in [0.1, 0.15) is 17.4 Å². The van der Waals surface area contributed by atoms with E-state index in [0.717, 1.165) is 25.7 Å². The Labute approximate surface area is 163 Å². The van der Waals surface area contributed by atoms with Gasteiger partial charge in [0, 0.05) is 30.4 Å². The lowest BCUT2D eigenvalue weighted by Gasteiger charge is -2.18. The summed E-state index contributed by atoms with van der Waals surface area (Å²) in [5.74, 6) is 0.212. The Kier molecular flexibility index (Phi) is 6.34. The number of rotatable bonds is 7. The van der Waals surface area contributed by atoms with Gasteiger partial charge >= 0.3 is 11.6 Å². The monoisotopic (exact) mass is 387 g/mol. The van der Waals surface area contributed by atoms with E-state index in [0.29, 0.717) is 34.6 Å². The molecule has 1 amide bonds. The Hall–Kier alpha value is -2.83. The molecular formula is C21H25NO6. The predicted molar refractivity (Wildman–Crippen MR) is 103 cm³/mol. The molecule has 0 aliphatic heterocycles. The smallest absolute Gasteiger partial charge is 0.336 e. The molecule has 1 atom stereocenters. The van der Waals surface area contributed by atoms with Crippen LogP contribution in [0.1, 0.15) is 37.7 Å². The van der Waals surface area contributed by atoms with E-state index >= 15 is 0 Å². The number of amides is 1. The Balaban J connectivity index is 1.83. The van der Waals surface area contributed by atoms with Crippen LogP contribution in [-0.4, -0.2) is 32.1 Å². The summed E-state index contributed by atoms with van der Waals surface area (Å²) in [7, 11) is 2.80. The standard InChI is InChI=1S/C21H25NO6/c1-26-15-7-8-16-14(11-20(24)28-18(16)12-15)10-17(21(25)27-2)22-19(23)9-13-5-3-4-6-13/h7-8,11-13,17H,3-6,9-10H2,1-2H3,(H,22,23)/t17-/m0/s1. The zero-order chi connectivity index (χ0) is 20.1. The Bertz CT molecular complexity index is 913. The van der Waals surface area contributed by atoms with Gasteiger partial charge in [-0.2, -0.15) is 0 Å². The van der Waals surface area contributed by atoms with Gasteiger partial charge in [0.2, 0.25) is 5.91 Å². The van der Waals surface area contributed by atoms with E-state index in [9.17, 15) is 14.4 Å². The Morgan fingerprint density at radius 3 is 2.64 bits per heavy atom. The highest BCUT2D eigenvalue weighted by molar-refractivity contribution is 5.86. The molecule has 7 nitrogen and oxygen atoms in total. The van der Waals surface area contributed by atoms with Crippen LogP contribution in [0.3, 0.4) is 0 Å². The first kappa shape index (κ1) is 19.9. The highest BCUT2D eigenvalue weighted by Gasteiger charge is 2.26. The van der Waals surface area contributed by atoms with Gasteiger partial charge in [-0.1, -0.05) is 12.8 Å². The maximum absolute atomic E-state index is 12.4. The molecule has 1 heterocycles. The number of carbonyl (C=O) groups is 2. The first-order valence-electron chi connectivity index (χ1n) is 9.48. The summed E-state index contributed by atoms with van der Waals surface area (Å²) in [6.45, 7) is 0. The topological polar surface area (TPSA) is 94.8 Å². The third-order valence-electron chi connectivity index (χ3n) is 5.23. The Morgan fingerprint density at radius 1 is 1.21 bits per heavy atom. The second-order valence-corrected chi connectivity index (χ2v) is 7.15. The molecule has 1 saturated carbocycles. The molecule has 0 unspecified atom stereocenters. The third kappa shape index (κ3) is 4.71. The number of nitrogens with one attached hydrogen (secondary N) is 1. The lowest BCUT2D eigenvalue weighted by molar-refractivity contribution is -0.145. The zero-order valence-electron chi connectivity index (χ0n) is 16.2. The van der Waals surface area contributed by atoms with Crippen LogP contribution in [0.15, 0.2) is 33.5 Å². The molecule has 150 valence electrons. The molecule has 28 heavy (non-hydrogen) atoms. The lowest BCUT2D eigenvalue weighted by Crippen LogP contribution is -2.43. The molecule has 0 saturated heterocycles. The number of fused-ring (bicyclic) bond motifs is 1. The first-order chi connectivity index (χ1) is 13.5. The van der Waals surface area contributed by atoms with Crippen LogP contribution < -0.4 is 15.7 Å². The number of carbonyl (C=O) groups excluding carboxylic acids is 2. The molecule has 0 spiro atoms. The summed E-state index contributed by atoms with van der Waals surface area (Å²) in [6, 6.07) is 5.60. The van der Waals surface area contributed by atoms with Crippen molar-refractivity contribution >= 4 is 22.8 Å². The van der Waals surface area contributed by atoms with E-state index in [1.165, 1.54) is 20.3 Å². The van der Waals surface area contributed by atoms with E-state index in [-0.39, 0.29) is 12.3 Å². The predicted octanol–water partition coefficient (Wildman–Crippen LogP) is 2.58. The van der Waals surface area contributed by atoms with Gasteiger partial charge in [0.05, 0.1) is 14.2 Å². The quantitative estimate of drug-likeness (QED) is 0.580. The van der Waals surface area contributed by atoms with E-state index in [4.69, 9.17) is 13.9 Å². The number of ether oxygens (including phenoxy) is 2. The molecule has 3 rings (SSSR count). The van der Waals surface area contributed by atoms with Crippen molar-refractivity contribution in [2.24, 2.45) is 5.92 Å². The molecule has 1 N–H and O–H groups in total. The van der Waals surface area contributed by atoms with Gasteiger partial charge in [-0.15, -0.1) is 0 Å². The van der Waals surface area contributed by atoms with Crippen molar-refractivity contribution in [2.45, 2.75) is 44.6 Å². The van der Waals surface area contributed by atoms with Crippen LogP contribution in [-0.2, 0) is 20.7 Å². The third-order valence-corrected chi connectivity index (χ3v) is 5.23. The number of esters is 1. The summed E-state index contributed by atoms with van der Waals surface area (Å²) >= 11 is 0. The summed E-state index contributed by atoms with van der Waals surface area (Å²) < 4.78 is 15.3. The van der Waals surface area contributed by atoms with Crippen molar-refractivity contribution in [1.82, 2.24) is 5.32 Å². The average Bonchev–Trinajstić information content (AvgIpc) is 3.18. The number of methoxy groups -OCH3 is 2. The molecule has 1 fully saturated rings. The molecule has 1 aliphatic rings. The van der Waals surface area contributed by atoms with Crippen LogP contribution in [0.5, 0.6) is 5.75 Å². The molecule has 1 aromatic heterocycles. The second-order valence-electron chi connectivity index (χ2n) is 7.15. The van der Waals surface area contributed by atoms with Gasteiger partial charge in [-0.3, -0.25) is 4.79 Å². The van der Waals surface area contributed by atoms with Crippen LogP contribution in [0.4, 0.5) is 0 Å². The molecule has 1 aliphatic carbocycles. The normalized spacial score (nSPS) is 15.4. The molecule has 7 heteroatoms. The molecule has 2 aromatic rings. The Morgan fingerprint density at radius 2 is 1.96 bits per heavy atom. The summed E-state index contributed by atoms with van der Waals surface area (Å²) in [6.07, 6.45) is 4.92. The van der Waals surface area contributed by atoms with Crippen LogP contribution in [0.25, 0.3) is 11.0 Å². The second kappa shape index (κ2) is 8.91. The summed E-state index contributed by atoms with van der Waals surface area (Å²) in [5, 5.41) is 3.46. The van der Waals surface area contributed by atoms with E-state index in [1.54, 1.807) is 18.2 Å². The van der Waals surface area contributed by atoms with Crippen molar-refractivity contribution in [1.29, 1.82) is 0 Å². The number of benzene rings is 1. The van der Waals surface area contributed by atoms with Crippen LogP contribution >= 0.6 is 0 Å². The van der Waals surface area contributed by atoms with E-state index in [1.807, 2.05) is 0 Å². The highest BCUT2D eigenvalue weighted by atomic mass is 16.5. The minimum Gasteiger partial charge on any atom is -0.497 e. The van der Waals surface area contributed by atoms with Crippen molar-refractivity contribution < 1.29 is 23.5 Å². The van der Waals surface area contributed by atoms with E-state index in [2.05, 4.69) is 5.32 Å². The minimum absolute atomic E-state index is 0.136. The van der Waals surface area contributed by atoms with Crippen molar-refractivity contribution in [3.05, 3.63) is 40.2 Å². The molecule has 0 bridgehead atoms. The van der Waals surface area contributed by atoms with Gasteiger partial charge in [-0.25, -0.2) is 9.59 Å². The molecule has 1 aromatic carbocycles. The van der Waals surface area contributed by atoms with Crippen molar-refractivity contribution in [3.8, 4) is 5.75 Å². The fourth-order valence-electron chi connectivity index (χ4n) is 3.79. The van der Waals surface area contributed by atoms with Gasteiger partial charge in [-0.05, 0) is 36.5 Å². The maximum atomic E-state index is 12.4. The largest absolute Gasteiger partial charge is 0.497 e. The summed E-state index contributed by atoms with van der Waals surface area (Å²) in [4.78, 5) is 36.6. The zero-order valence-corrected chi connectivity index (χ0v) is 16.2. The number of hydrogen-bond acceptors (Lipinski definition) is 6. The van der Waals surface area contributed by atoms with Gasteiger partial charge in [0.25, 0.3) is 0 Å². The van der Waals surface area contributed by atoms with Gasteiger partial charge in [0.15, 0.2) is 0 Å². The number of hydrogen-bond donors (Lipinski definition) is 1. The fraction of sp³-hybridized carbons (Fsp3) is 0.476. The van der Waals surface area contributed by atoms with Crippen LogP contribution in [0, 0.1) is 5.92 Å². The minimum atomic E-state index is -0.869. The maximum Gasteiger partial charge on any atom is 0.336 e. The summed E-state index contributed by atoms with van der Waals surface area (Å²) in [5.41, 5.74) is 0.435. The van der Waals surface area contributed by atoms with E-state index < -0.39 is 17.6 Å². The average molecular weight is 387 g/mol. The lowest BCUT2D eigenvalue weighted by atomic mass is 10.0. The van der Waals surface area contributed by atoms with Gasteiger partial charge < -0.3 is 19.2 Å². The fourth-order valence-corrected chi connectivity index (χ4v) is 3.79. The van der Waals surface area contributed by atoms with Crippen LogP contribution in [0.2, 0.25) is 0 Å². The molecular weight excluding hydrogens is 362 g/mol. The van der Waals surface area contributed by atoms with Crippen molar-refractivity contribution in [2.75, 3.05) is 14.2 Å².